The molecule has 0 saturated carbocycles. The molecule has 3 rings (SSSR count). The first-order valence-electron chi connectivity index (χ1n) is 7.94. The van der Waals surface area contributed by atoms with E-state index in [1.54, 1.807) is 24.3 Å². The first-order chi connectivity index (χ1) is 11.8. The van der Waals surface area contributed by atoms with Gasteiger partial charge in [-0.2, -0.15) is 0 Å². The maximum Gasteiger partial charge on any atom is 0.128 e. The fourth-order valence-corrected chi connectivity index (χ4v) is 3.31. The number of phenolic OH excluding ortho intramolecular Hbond substituents is 3. The summed E-state index contributed by atoms with van der Waals surface area (Å²) in [6.07, 6.45) is 0. The SMILES string of the molecule is Cc1cc(C(C)(c2ccc(O)cc2)c2ccc(O)c(S)c2)ccc1O. The smallest absolute Gasteiger partial charge is 0.128 e. The van der Waals surface area contributed by atoms with E-state index in [0.29, 0.717) is 4.90 Å². The van der Waals surface area contributed by atoms with Crippen LogP contribution in [-0.4, -0.2) is 15.3 Å². The summed E-state index contributed by atoms with van der Waals surface area (Å²) in [5, 5.41) is 29.4. The first-order valence-corrected chi connectivity index (χ1v) is 8.39. The average Bonchev–Trinajstić information content (AvgIpc) is 2.59. The van der Waals surface area contributed by atoms with Crippen molar-refractivity contribution >= 4 is 12.6 Å². The number of hydrogen-bond donors (Lipinski definition) is 4. The van der Waals surface area contributed by atoms with E-state index in [-0.39, 0.29) is 17.2 Å². The molecule has 0 saturated heterocycles. The minimum absolute atomic E-state index is 0.127. The van der Waals surface area contributed by atoms with Gasteiger partial charge in [-0.25, -0.2) is 0 Å². The van der Waals surface area contributed by atoms with Gasteiger partial charge >= 0.3 is 0 Å². The summed E-state index contributed by atoms with van der Waals surface area (Å²) < 4.78 is 0. The van der Waals surface area contributed by atoms with Crippen molar-refractivity contribution in [2.75, 3.05) is 0 Å². The van der Waals surface area contributed by atoms with Gasteiger partial charge in [-0.15, -0.1) is 12.6 Å². The van der Waals surface area contributed by atoms with Crippen LogP contribution in [0.4, 0.5) is 0 Å². The van der Waals surface area contributed by atoms with E-state index < -0.39 is 5.41 Å². The Labute approximate surface area is 152 Å². The number of benzene rings is 3. The van der Waals surface area contributed by atoms with Crippen LogP contribution in [0.5, 0.6) is 17.2 Å². The van der Waals surface area contributed by atoms with Gasteiger partial charge < -0.3 is 15.3 Å². The standard InChI is InChI=1S/C21H20O3S/c1-13-11-15(5-9-18(13)23)21(2,14-3-7-17(22)8-4-14)16-6-10-19(24)20(25)12-16/h3-12,22-25H,1-2H3. The van der Waals surface area contributed by atoms with Gasteiger partial charge in [0.1, 0.15) is 17.2 Å². The van der Waals surface area contributed by atoms with Gasteiger partial charge in [0.25, 0.3) is 0 Å². The lowest BCUT2D eigenvalue weighted by Gasteiger charge is -2.32. The van der Waals surface area contributed by atoms with Crippen molar-refractivity contribution in [1.82, 2.24) is 0 Å². The van der Waals surface area contributed by atoms with Crippen LogP contribution in [0.15, 0.2) is 65.6 Å². The normalized spacial score (nSPS) is 13.4. The minimum Gasteiger partial charge on any atom is -0.508 e. The molecule has 0 radical (unpaired) electrons. The van der Waals surface area contributed by atoms with Crippen molar-refractivity contribution < 1.29 is 15.3 Å². The molecule has 3 aromatic rings. The number of aromatic hydroxyl groups is 3. The fraction of sp³-hybridized carbons (Fsp3) is 0.143. The van der Waals surface area contributed by atoms with E-state index in [1.807, 2.05) is 43.3 Å². The van der Waals surface area contributed by atoms with Gasteiger partial charge in [-0.3, -0.25) is 0 Å². The third-order valence-corrected chi connectivity index (χ3v) is 5.13. The lowest BCUT2D eigenvalue weighted by molar-refractivity contribution is 0.461. The summed E-state index contributed by atoms with van der Waals surface area (Å²) in [6.45, 7) is 3.93. The summed E-state index contributed by atoms with van der Waals surface area (Å²) in [5.41, 5.74) is 3.16. The predicted molar refractivity (Wildman–Crippen MR) is 102 cm³/mol. The highest BCUT2D eigenvalue weighted by Gasteiger charge is 2.32. The average molecular weight is 352 g/mol. The predicted octanol–water partition coefficient (Wildman–Crippen LogP) is 4.75. The molecule has 3 N–H and O–H groups in total. The number of hydrogen-bond acceptors (Lipinski definition) is 4. The molecule has 0 fully saturated rings. The van der Waals surface area contributed by atoms with Crippen LogP contribution in [0.1, 0.15) is 29.2 Å². The second-order valence-corrected chi connectivity index (χ2v) is 6.86. The summed E-state index contributed by atoms with van der Waals surface area (Å²) >= 11 is 4.35. The zero-order valence-corrected chi connectivity index (χ0v) is 15.0. The molecule has 0 aliphatic carbocycles. The van der Waals surface area contributed by atoms with E-state index in [4.69, 9.17) is 0 Å². The lowest BCUT2D eigenvalue weighted by Crippen LogP contribution is -2.25. The number of rotatable bonds is 3. The highest BCUT2D eigenvalue weighted by molar-refractivity contribution is 7.80. The first kappa shape index (κ1) is 17.2. The Morgan fingerprint density at radius 2 is 1.24 bits per heavy atom. The molecule has 3 aromatic carbocycles. The highest BCUT2D eigenvalue weighted by atomic mass is 32.1. The van der Waals surface area contributed by atoms with Crippen molar-refractivity contribution in [2.24, 2.45) is 0 Å². The van der Waals surface area contributed by atoms with Gasteiger partial charge in [-0.05, 0) is 66.4 Å². The molecular formula is C21H20O3S. The molecule has 0 spiro atoms. The number of phenols is 3. The molecule has 1 atom stereocenters. The topological polar surface area (TPSA) is 60.7 Å². The van der Waals surface area contributed by atoms with Crippen LogP contribution in [0.2, 0.25) is 0 Å². The van der Waals surface area contributed by atoms with Gasteiger partial charge in [0.15, 0.2) is 0 Å². The van der Waals surface area contributed by atoms with E-state index >= 15 is 0 Å². The summed E-state index contributed by atoms with van der Waals surface area (Å²) in [5.74, 6) is 0.577. The summed E-state index contributed by atoms with van der Waals surface area (Å²) in [6, 6.07) is 17.9. The highest BCUT2D eigenvalue weighted by Crippen LogP contribution is 2.42. The largest absolute Gasteiger partial charge is 0.508 e. The van der Waals surface area contributed by atoms with Crippen molar-refractivity contribution in [3.63, 3.8) is 0 Å². The Morgan fingerprint density at radius 3 is 1.80 bits per heavy atom. The van der Waals surface area contributed by atoms with Crippen LogP contribution in [0, 0.1) is 6.92 Å². The zero-order chi connectivity index (χ0) is 18.2. The van der Waals surface area contributed by atoms with Crippen LogP contribution in [0.3, 0.4) is 0 Å². The monoisotopic (exact) mass is 352 g/mol. The molecule has 1 unspecified atom stereocenters. The van der Waals surface area contributed by atoms with Crippen LogP contribution in [-0.2, 0) is 5.41 Å². The Kier molecular flexibility index (Phi) is 4.39. The summed E-state index contributed by atoms with van der Waals surface area (Å²) in [7, 11) is 0. The third kappa shape index (κ3) is 3.05. The van der Waals surface area contributed by atoms with Gasteiger partial charge in [0.05, 0.1) is 0 Å². The maximum atomic E-state index is 9.89. The molecule has 4 heteroatoms. The maximum absolute atomic E-state index is 9.89. The number of thiol groups is 1. The van der Waals surface area contributed by atoms with E-state index in [9.17, 15) is 15.3 Å². The summed E-state index contributed by atoms with van der Waals surface area (Å²) in [4.78, 5) is 0.498. The van der Waals surface area contributed by atoms with Crippen LogP contribution < -0.4 is 0 Å². The zero-order valence-electron chi connectivity index (χ0n) is 14.1. The van der Waals surface area contributed by atoms with Crippen molar-refractivity contribution in [3.8, 4) is 17.2 Å². The molecule has 0 aromatic heterocycles. The van der Waals surface area contributed by atoms with Crippen molar-refractivity contribution in [2.45, 2.75) is 24.2 Å². The van der Waals surface area contributed by atoms with E-state index in [1.165, 1.54) is 0 Å². The Bertz CT molecular complexity index is 865. The van der Waals surface area contributed by atoms with Gasteiger partial charge in [0.2, 0.25) is 0 Å². The fourth-order valence-electron chi connectivity index (χ4n) is 3.10. The molecule has 128 valence electrons. The third-order valence-electron chi connectivity index (χ3n) is 4.77. The minimum atomic E-state index is -0.544. The molecule has 25 heavy (non-hydrogen) atoms. The second kappa shape index (κ2) is 6.37. The van der Waals surface area contributed by atoms with Crippen LogP contribution in [0.25, 0.3) is 0 Å². The Balaban J connectivity index is 2.28. The molecular weight excluding hydrogens is 332 g/mol. The molecule has 0 heterocycles. The molecule has 0 aliphatic rings. The van der Waals surface area contributed by atoms with E-state index in [0.717, 1.165) is 22.3 Å². The lowest BCUT2D eigenvalue weighted by atomic mass is 9.71. The Morgan fingerprint density at radius 1 is 0.720 bits per heavy atom. The second-order valence-electron chi connectivity index (χ2n) is 6.38. The van der Waals surface area contributed by atoms with Crippen molar-refractivity contribution in [3.05, 3.63) is 82.9 Å². The van der Waals surface area contributed by atoms with E-state index in [2.05, 4.69) is 19.6 Å². The molecule has 0 bridgehead atoms. The Hall–Kier alpha value is -2.59. The van der Waals surface area contributed by atoms with Gasteiger partial charge in [-0.1, -0.05) is 30.3 Å². The molecule has 0 aliphatic heterocycles. The number of aryl methyl sites for hydroxylation is 1. The van der Waals surface area contributed by atoms with Crippen molar-refractivity contribution in [1.29, 1.82) is 0 Å². The molecule has 0 amide bonds. The molecule has 3 nitrogen and oxygen atoms in total. The quantitative estimate of drug-likeness (QED) is 0.406. The van der Waals surface area contributed by atoms with Gasteiger partial charge in [0, 0.05) is 10.3 Å². The van der Waals surface area contributed by atoms with Crippen LogP contribution >= 0.6 is 12.6 Å².